The Hall–Kier alpha value is -0.970. The molecule has 0 heterocycles. The van der Waals surface area contributed by atoms with Crippen molar-refractivity contribution in [1.82, 2.24) is 0 Å². The van der Waals surface area contributed by atoms with Gasteiger partial charge in [-0.25, -0.2) is 19.4 Å². The lowest BCUT2D eigenvalue weighted by Crippen LogP contribution is -2.17. The number of thiol groups is 1. The van der Waals surface area contributed by atoms with Crippen LogP contribution in [0.15, 0.2) is 12.2 Å². The van der Waals surface area contributed by atoms with Crippen LogP contribution in [0.4, 0.5) is 0 Å². The molecule has 5 heteroatoms. The molecule has 0 aromatic rings. The van der Waals surface area contributed by atoms with Gasteiger partial charge in [0.2, 0.25) is 0 Å². The highest BCUT2D eigenvalue weighted by Gasteiger charge is 2.13. The molecular weight excluding hydrogens is 348 g/mol. The van der Waals surface area contributed by atoms with Gasteiger partial charge < -0.3 is 0 Å². The van der Waals surface area contributed by atoms with E-state index in [0.29, 0.717) is 0 Å². The lowest BCUT2D eigenvalue weighted by molar-refractivity contribution is -0.258. The number of hydrogen-bond acceptors (Lipinski definition) is 5. The summed E-state index contributed by atoms with van der Waals surface area (Å²) in [4.78, 5) is 31.3. The van der Waals surface area contributed by atoms with Crippen molar-refractivity contribution in [3.8, 4) is 0 Å². The van der Waals surface area contributed by atoms with Crippen LogP contribution in [0.5, 0.6) is 0 Å². The maximum Gasteiger partial charge on any atom is 0.367 e. The topological polar surface area (TPSA) is 52.6 Å². The van der Waals surface area contributed by atoms with E-state index in [1.165, 1.54) is 57.8 Å². The molecule has 0 aliphatic rings. The molecule has 0 aromatic heterocycles. The quantitative estimate of drug-likeness (QED) is 0.110. The van der Waals surface area contributed by atoms with Crippen LogP contribution in [0.1, 0.15) is 104 Å². The molecule has 4 nitrogen and oxygen atoms in total. The van der Waals surface area contributed by atoms with Crippen molar-refractivity contribution >= 4 is 24.6 Å². The number of carbonyl (C=O) groups is 2. The highest BCUT2D eigenvalue weighted by molar-refractivity contribution is 7.81. The number of allylic oxidation sites excluding steroid dienone is 2. The molecule has 0 aromatic carbocycles. The van der Waals surface area contributed by atoms with Gasteiger partial charge in [-0.15, -0.1) is 0 Å². The zero-order valence-corrected chi connectivity index (χ0v) is 17.6. The van der Waals surface area contributed by atoms with Crippen molar-refractivity contribution in [3.63, 3.8) is 0 Å². The molecule has 0 aliphatic heterocycles. The average Bonchev–Trinajstić information content (AvgIpc) is 2.62. The van der Waals surface area contributed by atoms with E-state index < -0.39 is 17.2 Å². The minimum atomic E-state index is -0.647. The van der Waals surface area contributed by atoms with Gasteiger partial charge in [-0.2, -0.15) is 12.6 Å². The Bertz CT molecular complexity index is 380. The molecule has 26 heavy (non-hydrogen) atoms. The normalized spacial score (nSPS) is 12.3. The fourth-order valence-corrected chi connectivity index (χ4v) is 2.58. The molecular formula is C21H38O4S. The van der Waals surface area contributed by atoms with E-state index >= 15 is 0 Å². The maximum absolute atomic E-state index is 11.4. The SMILES string of the molecule is CCCCCCCC/C=C\CCCCCCCC(=O)OOC(=O)C(C)S. The number of hydrogen-bond donors (Lipinski definition) is 1. The van der Waals surface area contributed by atoms with Crippen LogP contribution in [0.2, 0.25) is 0 Å². The third-order valence-electron chi connectivity index (χ3n) is 4.20. The average molecular weight is 387 g/mol. The smallest absolute Gasteiger partial charge is 0.247 e. The molecule has 0 saturated heterocycles. The first-order chi connectivity index (χ1) is 12.6. The Labute approximate surface area is 165 Å². The molecule has 0 spiro atoms. The Balaban J connectivity index is 3.29. The summed E-state index contributed by atoms with van der Waals surface area (Å²) < 4.78 is 0. The monoisotopic (exact) mass is 386 g/mol. The largest absolute Gasteiger partial charge is 0.367 e. The third-order valence-corrected chi connectivity index (χ3v) is 4.41. The fraction of sp³-hybridized carbons (Fsp3) is 0.810. The van der Waals surface area contributed by atoms with E-state index in [1.54, 1.807) is 6.92 Å². The van der Waals surface area contributed by atoms with Gasteiger partial charge in [-0.3, -0.25) is 0 Å². The van der Waals surface area contributed by atoms with E-state index in [-0.39, 0.29) is 6.42 Å². The minimum Gasteiger partial charge on any atom is -0.247 e. The summed E-state index contributed by atoms with van der Waals surface area (Å²) in [6, 6.07) is 0. The van der Waals surface area contributed by atoms with E-state index in [1.807, 2.05) is 0 Å². The van der Waals surface area contributed by atoms with Gasteiger partial charge >= 0.3 is 11.9 Å². The van der Waals surface area contributed by atoms with Crippen LogP contribution in [0, 0.1) is 0 Å². The van der Waals surface area contributed by atoms with Gasteiger partial charge in [0.05, 0.1) is 6.42 Å². The zero-order chi connectivity index (χ0) is 19.5. The van der Waals surface area contributed by atoms with Crippen molar-refractivity contribution in [2.45, 2.75) is 109 Å². The molecule has 0 radical (unpaired) electrons. The first-order valence-corrected chi connectivity index (χ1v) is 10.8. The Morgan fingerprint density at radius 1 is 0.808 bits per heavy atom. The summed E-state index contributed by atoms with van der Waals surface area (Å²) in [5, 5.41) is -0.595. The lowest BCUT2D eigenvalue weighted by Gasteiger charge is -2.04. The van der Waals surface area contributed by atoms with Crippen molar-refractivity contribution in [2.75, 3.05) is 0 Å². The van der Waals surface area contributed by atoms with Crippen LogP contribution in [-0.4, -0.2) is 17.2 Å². The van der Waals surface area contributed by atoms with Gasteiger partial charge in [-0.1, -0.05) is 70.4 Å². The minimum absolute atomic E-state index is 0.284. The van der Waals surface area contributed by atoms with Crippen molar-refractivity contribution in [2.24, 2.45) is 0 Å². The lowest BCUT2D eigenvalue weighted by atomic mass is 10.1. The van der Waals surface area contributed by atoms with Gasteiger partial charge in [0, 0.05) is 0 Å². The fourth-order valence-electron chi connectivity index (χ4n) is 2.54. The molecule has 1 unspecified atom stereocenters. The number of unbranched alkanes of at least 4 members (excludes halogenated alkanes) is 11. The predicted molar refractivity (Wildman–Crippen MR) is 110 cm³/mol. The summed E-state index contributed by atoms with van der Waals surface area (Å²) in [6.07, 6.45) is 20.7. The Morgan fingerprint density at radius 3 is 1.85 bits per heavy atom. The van der Waals surface area contributed by atoms with Crippen molar-refractivity contribution < 1.29 is 19.4 Å². The molecule has 0 saturated carbocycles. The van der Waals surface area contributed by atoms with Crippen LogP contribution in [-0.2, 0) is 19.4 Å². The van der Waals surface area contributed by atoms with Crippen LogP contribution >= 0.6 is 12.6 Å². The van der Waals surface area contributed by atoms with E-state index in [2.05, 4.69) is 41.5 Å². The molecule has 0 fully saturated rings. The molecule has 152 valence electrons. The Morgan fingerprint density at radius 2 is 1.31 bits per heavy atom. The standard InChI is InChI=1S/C21H38O4S/c1-3-4-5-6-7-8-9-10-11-12-13-14-15-16-17-18-20(22)24-25-21(23)19(2)26/h10-11,19,26H,3-9,12-18H2,1-2H3/b11-10-. The summed E-state index contributed by atoms with van der Waals surface area (Å²) >= 11 is 3.89. The van der Waals surface area contributed by atoms with Crippen LogP contribution in [0.25, 0.3) is 0 Å². The van der Waals surface area contributed by atoms with E-state index in [4.69, 9.17) is 0 Å². The maximum atomic E-state index is 11.4. The molecule has 1 atom stereocenters. The second-order valence-corrected chi connectivity index (χ2v) is 7.64. The zero-order valence-electron chi connectivity index (χ0n) is 16.7. The highest BCUT2D eigenvalue weighted by atomic mass is 32.1. The second-order valence-electron chi connectivity index (χ2n) is 6.87. The summed E-state index contributed by atoms with van der Waals surface area (Å²) in [5.41, 5.74) is 0. The predicted octanol–water partition coefficient (Wildman–Crippen LogP) is 6.34. The van der Waals surface area contributed by atoms with Gasteiger partial charge in [0.1, 0.15) is 5.25 Å². The van der Waals surface area contributed by atoms with Crippen molar-refractivity contribution in [1.29, 1.82) is 0 Å². The van der Waals surface area contributed by atoms with E-state index in [9.17, 15) is 9.59 Å². The number of carbonyl (C=O) groups excluding carboxylic acids is 2. The summed E-state index contributed by atoms with van der Waals surface area (Å²) in [7, 11) is 0. The third kappa shape index (κ3) is 17.8. The van der Waals surface area contributed by atoms with Gasteiger partial charge in [-0.05, 0) is 39.0 Å². The number of rotatable bonds is 16. The molecule has 0 bridgehead atoms. The summed E-state index contributed by atoms with van der Waals surface area (Å²) in [5.74, 6) is -1.14. The van der Waals surface area contributed by atoms with Crippen molar-refractivity contribution in [3.05, 3.63) is 12.2 Å². The first-order valence-electron chi connectivity index (χ1n) is 10.3. The van der Waals surface area contributed by atoms with Gasteiger partial charge in [0.15, 0.2) is 0 Å². The molecule has 0 aliphatic carbocycles. The van der Waals surface area contributed by atoms with Crippen LogP contribution in [0.3, 0.4) is 0 Å². The molecule has 0 N–H and O–H groups in total. The summed E-state index contributed by atoms with van der Waals surface area (Å²) in [6.45, 7) is 3.81. The van der Waals surface area contributed by atoms with Crippen LogP contribution < -0.4 is 0 Å². The Kier molecular flexibility index (Phi) is 18.1. The molecule has 0 rings (SSSR count). The molecule has 0 amide bonds. The second kappa shape index (κ2) is 18.8. The first kappa shape index (κ1) is 25.0. The van der Waals surface area contributed by atoms with Gasteiger partial charge in [0.25, 0.3) is 0 Å². The van der Waals surface area contributed by atoms with E-state index in [0.717, 1.165) is 25.7 Å². The highest BCUT2D eigenvalue weighted by Crippen LogP contribution is 2.10.